The van der Waals surface area contributed by atoms with Crippen molar-refractivity contribution < 1.29 is 0 Å². The van der Waals surface area contributed by atoms with Crippen LogP contribution >= 0.6 is 27.5 Å². The summed E-state index contributed by atoms with van der Waals surface area (Å²) < 4.78 is 0.791. The van der Waals surface area contributed by atoms with Gasteiger partial charge in [-0.3, -0.25) is 0 Å². The molecule has 0 fully saturated rings. The summed E-state index contributed by atoms with van der Waals surface area (Å²) in [7, 11) is 0. The average molecular weight is 310 g/mol. The maximum Gasteiger partial charge on any atom is 0.171 e. The molecule has 2 aromatic rings. The molecule has 17 heavy (non-hydrogen) atoms. The summed E-state index contributed by atoms with van der Waals surface area (Å²) in [5.74, 6) is 0.415. The minimum Gasteiger partial charge on any atom is -0.337 e. The third-order valence-corrected chi connectivity index (χ3v) is 2.92. The van der Waals surface area contributed by atoms with Gasteiger partial charge in [-0.1, -0.05) is 11.6 Å². The van der Waals surface area contributed by atoms with Gasteiger partial charge in [0.25, 0.3) is 0 Å². The van der Waals surface area contributed by atoms with Gasteiger partial charge in [0, 0.05) is 9.50 Å². The second kappa shape index (κ2) is 5.13. The number of nitrogens with zero attached hydrogens (tertiary/aromatic N) is 3. The lowest BCUT2D eigenvalue weighted by molar-refractivity contribution is 1.03. The number of rotatable bonds is 2. The third kappa shape index (κ3) is 2.73. The molecule has 0 aliphatic heterocycles. The summed E-state index contributed by atoms with van der Waals surface area (Å²) in [6, 6.07) is 8.93. The molecular formula is C11H6BrClN4. The van der Waals surface area contributed by atoms with E-state index in [1.165, 1.54) is 6.20 Å². The van der Waals surface area contributed by atoms with E-state index in [1.54, 1.807) is 24.3 Å². The number of hydrogen-bond acceptors (Lipinski definition) is 4. The molecule has 1 aromatic carbocycles. The highest BCUT2D eigenvalue weighted by molar-refractivity contribution is 9.10. The van der Waals surface area contributed by atoms with Crippen molar-refractivity contribution in [1.82, 2.24) is 10.2 Å². The van der Waals surface area contributed by atoms with Gasteiger partial charge >= 0.3 is 0 Å². The van der Waals surface area contributed by atoms with Crippen LogP contribution in [0.4, 0.5) is 11.5 Å². The van der Waals surface area contributed by atoms with Crippen LogP contribution in [0.2, 0.25) is 5.02 Å². The Morgan fingerprint density at radius 3 is 2.88 bits per heavy atom. The number of nitrogens with one attached hydrogen (secondary N) is 1. The molecule has 84 valence electrons. The van der Waals surface area contributed by atoms with Crippen molar-refractivity contribution in [3.8, 4) is 6.07 Å². The van der Waals surface area contributed by atoms with Gasteiger partial charge in [0.15, 0.2) is 5.82 Å². The van der Waals surface area contributed by atoms with Gasteiger partial charge in [-0.05, 0) is 40.2 Å². The fraction of sp³-hybridized carbons (Fsp3) is 0. The predicted octanol–water partition coefficient (Wildman–Crippen LogP) is 3.51. The van der Waals surface area contributed by atoms with Gasteiger partial charge in [0.1, 0.15) is 6.07 Å². The molecule has 1 heterocycles. The van der Waals surface area contributed by atoms with E-state index in [0.717, 1.165) is 10.2 Å². The fourth-order valence-corrected chi connectivity index (χ4v) is 2.01. The number of halogens is 2. The number of anilines is 2. The highest BCUT2D eigenvalue weighted by Crippen LogP contribution is 2.28. The summed E-state index contributed by atoms with van der Waals surface area (Å²) >= 11 is 9.21. The van der Waals surface area contributed by atoms with Gasteiger partial charge in [0.2, 0.25) is 0 Å². The smallest absolute Gasteiger partial charge is 0.171 e. The van der Waals surface area contributed by atoms with E-state index in [1.807, 2.05) is 6.07 Å². The van der Waals surface area contributed by atoms with Gasteiger partial charge in [-0.15, -0.1) is 5.10 Å². The van der Waals surface area contributed by atoms with Crippen LogP contribution in [-0.4, -0.2) is 10.2 Å². The molecular weight excluding hydrogens is 304 g/mol. The fourth-order valence-electron chi connectivity index (χ4n) is 1.23. The lowest BCUT2D eigenvalue weighted by Gasteiger charge is -2.08. The van der Waals surface area contributed by atoms with E-state index < -0.39 is 0 Å². The largest absolute Gasteiger partial charge is 0.337 e. The molecule has 1 aromatic heterocycles. The van der Waals surface area contributed by atoms with Crippen molar-refractivity contribution >= 4 is 39.0 Å². The van der Waals surface area contributed by atoms with Crippen molar-refractivity contribution in [3.05, 3.63) is 45.5 Å². The van der Waals surface area contributed by atoms with Gasteiger partial charge in [-0.25, -0.2) is 0 Å². The van der Waals surface area contributed by atoms with Crippen LogP contribution in [-0.2, 0) is 0 Å². The lowest BCUT2D eigenvalue weighted by Crippen LogP contribution is -1.98. The molecule has 0 aliphatic carbocycles. The standard InChI is InChI=1S/C11H6BrClN4/c12-9-5-8(13)1-2-10(9)16-11-7(6-14)3-4-15-17-11/h1-5H,(H,16,17). The van der Waals surface area contributed by atoms with Crippen LogP contribution in [0.3, 0.4) is 0 Å². The van der Waals surface area contributed by atoms with Crippen LogP contribution in [0.25, 0.3) is 0 Å². The van der Waals surface area contributed by atoms with E-state index >= 15 is 0 Å². The number of benzene rings is 1. The molecule has 0 amide bonds. The summed E-state index contributed by atoms with van der Waals surface area (Å²) in [5.41, 5.74) is 1.20. The Bertz CT molecular complexity index is 594. The summed E-state index contributed by atoms with van der Waals surface area (Å²) in [5, 5.41) is 20.2. The Morgan fingerprint density at radius 1 is 1.35 bits per heavy atom. The maximum atomic E-state index is 8.92. The Labute approximate surface area is 111 Å². The van der Waals surface area contributed by atoms with Crippen LogP contribution in [0.15, 0.2) is 34.9 Å². The molecule has 2 rings (SSSR count). The van der Waals surface area contributed by atoms with E-state index in [2.05, 4.69) is 31.4 Å². The average Bonchev–Trinajstić information content (AvgIpc) is 2.33. The Hall–Kier alpha value is -1.64. The number of aromatic nitrogens is 2. The summed E-state index contributed by atoms with van der Waals surface area (Å²) in [6.45, 7) is 0. The van der Waals surface area contributed by atoms with E-state index in [4.69, 9.17) is 16.9 Å². The Balaban J connectivity index is 2.35. The first-order valence-electron chi connectivity index (χ1n) is 4.64. The molecule has 0 spiro atoms. The molecule has 0 atom stereocenters. The first-order valence-corrected chi connectivity index (χ1v) is 5.81. The maximum absolute atomic E-state index is 8.92. The van der Waals surface area contributed by atoms with E-state index in [9.17, 15) is 0 Å². The molecule has 0 unspecified atom stereocenters. The van der Waals surface area contributed by atoms with Gasteiger partial charge in [0.05, 0.1) is 17.4 Å². The normalized spacial score (nSPS) is 9.71. The van der Waals surface area contributed by atoms with Gasteiger partial charge in [-0.2, -0.15) is 10.4 Å². The molecule has 0 aliphatic rings. The zero-order valence-electron chi connectivity index (χ0n) is 8.48. The number of hydrogen-bond donors (Lipinski definition) is 1. The van der Waals surface area contributed by atoms with Crippen molar-refractivity contribution in [2.24, 2.45) is 0 Å². The molecule has 0 saturated heterocycles. The van der Waals surface area contributed by atoms with Crippen molar-refractivity contribution in [2.45, 2.75) is 0 Å². The van der Waals surface area contributed by atoms with Crippen LogP contribution < -0.4 is 5.32 Å². The Kier molecular flexibility index (Phi) is 3.57. The predicted molar refractivity (Wildman–Crippen MR) is 69.2 cm³/mol. The van der Waals surface area contributed by atoms with Crippen molar-refractivity contribution in [1.29, 1.82) is 5.26 Å². The van der Waals surface area contributed by atoms with Crippen molar-refractivity contribution in [3.63, 3.8) is 0 Å². The van der Waals surface area contributed by atoms with Crippen LogP contribution in [0.1, 0.15) is 5.56 Å². The highest BCUT2D eigenvalue weighted by Gasteiger charge is 2.06. The molecule has 0 radical (unpaired) electrons. The Morgan fingerprint density at radius 2 is 2.18 bits per heavy atom. The molecule has 0 saturated carbocycles. The SMILES string of the molecule is N#Cc1ccnnc1Nc1ccc(Cl)cc1Br. The highest BCUT2D eigenvalue weighted by atomic mass is 79.9. The second-order valence-corrected chi connectivity index (χ2v) is 4.45. The minimum atomic E-state index is 0.415. The first-order chi connectivity index (χ1) is 8.20. The van der Waals surface area contributed by atoms with E-state index in [-0.39, 0.29) is 0 Å². The first kappa shape index (κ1) is 11.8. The zero-order valence-corrected chi connectivity index (χ0v) is 10.8. The number of nitriles is 1. The van der Waals surface area contributed by atoms with Gasteiger partial charge < -0.3 is 5.32 Å². The monoisotopic (exact) mass is 308 g/mol. The third-order valence-electron chi connectivity index (χ3n) is 2.03. The van der Waals surface area contributed by atoms with Crippen LogP contribution in [0.5, 0.6) is 0 Å². The molecule has 4 nitrogen and oxygen atoms in total. The summed E-state index contributed by atoms with van der Waals surface area (Å²) in [6.07, 6.45) is 1.47. The molecule has 6 heteroatoms. The summed E-state index contributed by atoms with van der Waals surface area (Å²) in [4.78, 5) is 0. The van der Waals surface area contributed by atoms with Crippen LogP contribution in [0, 0.1) is 11.3 Å². The minimum absolute atomic E-state index is 0.415. The zero-order chi connectivity index (χ0) is 12.3. The van der Waals surface area contributed by atoms with E-state index in [0.29, 0.717) is 16.4 Å². The lowest BCUT2D eigenvalue weighted by atomic mass is 10.3. The van der Waals surface area contributed by atoms with Crippen molar-refractivity contribution in [2.75, 3.05) is 5.32 Å². The topological polar surface area (TPSA) is 61.6 Å². The molecule has 0 bridgehead atoms. The quantitative estimate of drug-likeness (QED) is 0.922. The second-order valence-electron chi connectivity index (χ2n) is 3.15. The molecule has 1 N–H and O–H groups in total.